The minimum absolute atomic E-state index is 0.103. The van der Waals surface area contributed by atoms with Crippen LogP contribution in [0.2, 0.25) is 0 Å². The van der Waals surface area contributed by atoms with Crippen LogP contribution in [0.15, 0.2) is 0 Å². The van der Waals surface area contributed by atoms with Crippen molar-refractivity contribution in [1.82, 2.24) is 4.90 Å². The van der Waals surface area contributed by atoms with Crippen molar-refractivity contribution in [2.75, 3.05) is 19.7 Å². The Labute approximate surface area is 104 Å². The number of hydrogen-bond donors (Lipinski definition) is 1. The van der Waals surface area contributed by atoms with Gasteiger partial charge in [-0.15, -0.1) is 0 Å². The Kier molecular flexibility index (Phi) is 5.92. The quantitative estimate of drug-likeness (QED) is 0.765. The van der Waals surface area contributed by atoms with E-state index >= 15 is 0 Å². The van der Waals surface area contributed by atoms with Crippen LogP contribution in [0.5, 0.6) is 0 Å². The molecule has 0 aromatic heterocycles. The zero-order valence-corrected chi connectivity index (χ0v) is 11.3. The maximum Gasteiger partial charge on any atom is 0.248 e. The lowest BCUT2D eigenvalue weighted by Gasteiger charge is -2.32. The van der Waals surface area contributed by atoms with Crippen LogP contribution in [0.1, 0.15) is 40.0 Å². The summed E-state index contributed by atoms with van der Waals surface area (Å²) < 4.78 is 5.39. The SMILES string of the molecule is CCN(C(=O)COC(C)C)C1CCCC1CN. The van der Waals surface area contributed by atoms with Gasteiger partial charge in [0.25, 0.3) is 0 Å². The van der Waals surface area contributed by atoms with Gasteiger partial charge in [-0.2, -0.15) is 0 Å². The summed E-state index contributed by atoms with van der Waals surface area (Å²) in [6.45, 7) is 7.54. The number of nitrogens with zero attached hydrogens (tertiary/aromatic N) is 1. The Morgan fingerprint density at radius 2 is 2.18 bits per heavy atom. The summed E-state index contributed by atoms with van der Waals surface area (Å²) in [7, 11) is 0. The Bertz CT molecular complexity index is 244. The van der Waals surface area contributed by atoms with Gasteiger partial charge in [0.1, 0.15) is 6.61 Å². The van der Waals surface area contributed by atoms with Gasteiger partial charge < -0.3 is 15.4 Å². The molecule has 17 heavy (non-hydrogen) atoms. The van der Waals surface area contributed by atoms with Crippen molar-refractivity contribution < 1.29 is 9.53 Å². The van der Waals surface area contributed by atoms with E-state index in [0.717, 1.165) is 19.4 Å². The van der Waals surface area contributed by atoms with Crippen molar-refractivity contribution in [3.05, 3.63) is 0 Å². The van der Waals surface area contributed by atoms with Gasteiger partial charge in [0.2, 0.25) is 5.91 Å². The molecule has 1 saturated carbocycles. The minimum Gasteiger partial charge on any atom is -0.369 e. The summed E-state index contributed by atoms with van der Waals surface area (Å²) in [6.07, 6.45) is 3.52. The second kappa shape index (κ2) is 6.97. The highest BCUT2D eigenvalue weighted by Gasteiger charge is 2.32. The molecule has 0 saturated heterocycles. The van der Waals surface area contributed by atoms with Crippen LogP contribution < -0.4 is 5.73 Å². The van der Waals surface area contributed by atoms with Gasteiger partial charge in [0.15, 0.2) is 0 Å². The molecule has 2 atom stereocenters. The van der Waals surface area contributed by atoms with E-state index in [4.69, 9.17) is 10.5 Å². The molecule has 4 heteroatoms. The molecule has 1 rings (SSSR count). The van der Waals surface area contributed by atoms with Crippen LogP contribution in [-0.2, 0) is 9.53 Å². The number of likely N-dealkylation sites (N-methyl/N-ethyl adjacent to an activating group) is 1. The molecule has 1 fully saturated rings. The molecule has 0 radical (unpaired) electrons. The zero-order valence-electron chi connectivity index (χ0n) is 11.3. The molecule has 0 spiro atoms. The van der Waals surface area contributed by atoms with Crippen LogP contribution >= 0.6 is 0 Å². The van der Waals surface area contributed by atoms with E-state index in [1.165, 1.54) is 6.42 Å². The summed E-state index contributed by atoms with van der Waals surface area (Å²) >= 11 is 0. The first-order valence-corrected chi connectivity index (χ1v) is 6.71. The molecular formula is C13H26N2O2. The van der Waals surface area contributed by atoms with Crippen LogP contribution in [-0.4, -0.2) is 42.6 Å². The van der Waals surface area contributed by atoms with Crippen molar-refractivity contribution in [3.8, 4) is 0 Å². The molecule has 2 N–H and O–H groups in total. The second-order valence-corrected chi connectivity index (χ2v) is 5.03. The Morgan fingerprint density at radius 3 is 2.71 bits per heavy atom. The molecule has 0 aromatic carbocycles. The minimum atomic E-state index is 0.103. The average Bonchev–Trinajstić information content (AvgIpc) is 2.75. The Balaban J connectivity index is 2.54. The standard InChI is InChI=1S/C13H26N2O2/c1-4-15(13(16)9-17-10(2)3)12-7-5-6-11(12)8-14/h10-12H,4-9,14H2,1-3H3. The van der Waals surface area contributed by atoms with Gasteiger partial charge in [-0.1, -0.05) is 6.42 Å². The number of carbonyl (C=O) groups excluding carboxylic acids is 1. The van der Waals surface area contributed by atoms with Crippen molar-refractivity contribution >= 4 is 5.91 Å². The molecule has 0 aliphatic heterocycles. The van der Waals surface area contributed by atoms with Crippen LogP contribution in [0, 0.1) is 5.92 Å². The summed E-state index contributed by atoms with van der Waals surface area (Å²) in [5.74, 6) is 0.574. The number of hydrogen-bond acceptors (Lipinski definition) is 3. The summed E-state index contributed by atoms with van der Waals surface area (Å²) in [6, 6.07) is 0.327. The topological polar surface area (TPSA) is 55.6 Å². The van der Waals surface area contributed by atoms with E-state index in [2.05, 4.69) is 0 Å². The first-order chi connectivity index (χ1) is 8.10. The number of rotatable bonds is 6. The number of carbonyl (C=O) groups is 1. The fraction of sp³-hybridized carbons (Fsp3) is 0.923. The van der Waals surface area contributed by atoms with Gasteiger partial charge in [-0.25, -0.2) is 0 Å². The smallest absolute Gasteiger partial charge is 0.248 e. The number of amides is 1. The van der Waals surface area contributed by atoms with E-state index in [-0.39, 0.29) is 18.6 Å². The first kappa shape index (κ1) is 14.5. The van der Waals surface area contributed by atoms with Crippen LogP contribution in [0.4, 0.5) is 0 Å². The normalized spacial score (nSPS) is 24.3. The first-order valence-electron chi connectivity index (χ1n) is 6.71. The van der Waals surface area contributed by atoms with Gasteiger partial charge in [0.05, 0.1) is 6.10 Å². The summed E-state index contributed by atoms with van der Waals surface area (Å²) in [5, 5.41) is 0. The number of nitrogens with two attached hydrogens (primary N) is 1. The van der Waals surface area contributed by atoms with Crippen molar-refractivity contribution in [2.45, 2.75) is 52.2 Å². The third-order valence-electron chi connectivity index (χ3n) is 3.52. The highest BCUT2D eigenvalue weighted by Crippen LogP contribution is 2.29. The van der Waals surface area contributed by atoms with E-state index in [1.54, 1.807) is 0 Å². The molecule has 1 aliphatic rings. The zero-order chi connectivity index (χ0) is 12.8. The van der Waals surface area contributed by atoms with E-state index in [1.807, 2.05) is 25.7 Å². The molecule has 0 aromatic rings. The average molecular weight is 242 g/mol. The van der Waals surface area contributed by atoms with Crippen molar-refractivity contribution in [3.63, 3.8) is 0 Å². The van der Waals surface area contributed by atoms with E-state index in [0.29, 0.717) is 18.5 Å². The number of ether oxygens (including phenoxy) is 1. The highest BCUT2D eigenvalue weighted by molar-refractivity contribution is 5.77. The molecule has 2 unspecified atom stereocenters. The third-order valence-corrected chi connectivity index (χ3v) is 3.52. The van der Waals surface area contributed by atoms with Gasteiger partial charge in [0, 0.05) is 12.6 Å². The lowest BCUT2D eigenvalue weighted by Crippen LogP contribution is -2.45. The molecule has 1 aliphatic carbocycles. The van der Waals surface area contributed by atoms with Crippen molar-refractivity contribution in [2.24, 2.45) is 11.7 Å². The molecule has 4 nitrogen and oxygen atoms in total. The molecular weight excluding hydrogens is 216 g/mol. The fourth-order valence-electron chi connectivity index (χ4n) is 2.62. The van der Waals surface area contributed by atoms with Gasteiger partial charge in [-0.3, -0.25) is 4.79 Å². The maximum absolute atomic E-state index is 12.1. The lowest BCUT2D eigenvalue weighted by atomic mass is 10.0. The van der Waals surface area contributed by atoms with Crippen LogP contribution in [0.25, 0.3) is 0 Å². The third kappa shape index (κ3) is 3.96. The predicted octanol–water partition coefficient (Wildman–Crippen LogP) is 1.39. The van der Waals surface area contributed by atoms with Gasteiger partial charge in [-0.05, 0) is 46.1 Å². The Hall–Kier alpha value is -0.610. The largest absolute Gasteiger partial charge is 0.369 e. The van der Waals surface area contributed by atoms with E-state index in [9.17, 15) is 4.79 Å². The fourth-order valence-corrected chi connectivity index (χ4v) is 2.62. The maximum atomic E-state index is 12.1. The van der Waals surface area contributed by atoms with Crippen molar-refractivity contribution in [1.29, 1.82) is 0 Å². The second-order valence-electron chi connectivity index (χ2n) is 5.03. The van der Waals surface area contributed by atoms with Gasteiger partial charge >= 0.3 is 0 Å². The molecule has 0 heterocycles. The lowest BCUT2D eigenvalue weighted by molar-refractivity contribution is -0.140. The Morgan fingerprint density at radius 1 is 1.47 bits per heavy atom. The summed E-state index contributed by atoms with van der Waals surface area (Å²) in [5.41, 5.74) is 5.77. The predicted molar refractivity (Wildman–Crippen MR) is 68.7 cm³/mol. The molecule has 1 amide bonds. The molecule has 100 valence electrons. The monoisotopic (exact) mass is 242 g/mol. The van der Waals surface area contributed by atoms with E-state index < -0.39 is 0 Å². The summed E-state index contributed by atoms with van der Waals surface area (Å²) in [4.78, 5) is 14.0. The molecule has 0 bridgehead atoms. The highest BCUT2D eigenvalue weighted by atomic mass is 16.5. The van der Waals surface area contributed by atoms with Crippen LogP contribution in [0.3, 0.4) is 0 Å².